The van der Waals surface area contributed by atoms with Crippen molar-refractivity contribution in [2.45, 2.75) is 26.4 Å². The van der Waals surface area contributed by atoms with E-state index >= 15 is 0 Å². The predicted octanol–water partition coefficient (Wildman–Crippen LogP) is 4.26. The molecule has 0 aliphatic heterocycles. The molecule has 4 heterocycles. The Hall–Kier alpha value is -3.68. The molecule has 0 unspecified atom stereocenters. The van der Waals surface area contributed by atoms with Gasteiger partial charge in [-0.1, -0.05) is 0 Å². The first-order valence-electron chi connectivity index (χ1n) is 9.14. The van der Waals surface area contributed by atoms with Crippen LogP contribution in [0.15, 0.2) is 18.3 Å². The van der Waals surface area contributed by atoms with E-state index in [1.54, 1.807) is 0 Å². The van der Waals surface area contributed by atoms with Crippen LogP contribution in [0.5, 0.6) is 0 Å². The van der Waals surface area contributed by atoms with E-state index in [4.69, 9.17) is 5.73 Å². The minimum absolute atomic E-state index is 0.0974. The summed E-state index contributed by atoms with van der Waals surface area (Å²) in [4.78, 5) is 32.2. The van der Waals surface area contributed by atoms with Crippen molar-refractivity contribution >= 4 is 44.7 Å². The average molecular weight is 484 g/mol. The number of hydrogen-bond acceptors (Lipinski definition) is 6. The van der Waals surface area contributed by atoms with E-state index < -0.39 is 35.8 Å². The number of alkyl halides is 5. The molecule has 3 N–H and O–H groups in total. The van der Waals surface area contributed by atoms with Crippen molar-refractivity contribution in [2.75, 3.05) is 5.32 Å². The average Bonchev–Trinajstić information content (AvgIpc) is 3.28. The van der Waals surface area contributed by atoms with Crippen LogP contribution in [0.4, 0.5) is 27.6 Å². The highest BCUT2D eigenvalue weighted by Gasteiger charge is 2.34. The summed E-state index contributed by atoms with van der Waals surface area (Å²) in [5.41, 5.74) is 3.57. The van der Waals surface area contributed by atoms with Crippen LogP contribution >= 0.6 is 11.3 Å². The molecular formula is C19H13F5N6O2S. The normalized spacial score (nSPS) is 12.1. The molecule has 4 aromatic rings. The number of hydrogen-bond donors (Lipinski definition) is 2. The predicted molar refractivity (Wildman–Crippen MR) is 109 cm³/mol. The molecule has 4 rings (SSSR count). The molecule has 0 aliphatic carbocycles. The highest BCUT2D eigenvalue weighted by Crippen LogP contribution is 2.40. The van der Waals surface area contributed by atoms with E-state index in [-0.39, 0.29) is 43.2 Å². The lowest BCUT2D eigenvalue weighted by Crippen LogP contribution is -2.17. The molecule has 0 spiro atoms. The van der Waals surface area contributed by atoms with E-state index in [1.165, 1.54) is 13.8 Å². The first-order valence-corrected chi connectivity index (χ1v) is 9.96. The smallest absolute Gasteiger partial charge is 0.365 e. The van der Waals surface area contributed by atoms with Crippen LogP contribution in [0.2, 0.25) is 0 Å². The molecule has 2 amide bonds. The molecule has 4 aromatic heterocycles. The second-order valence-electron chi connectivity index (χ2n) is 7.04. The van der Waals surface area contributed by atoms with Gasteiger partial charge < -0.3 is 11.1 Å². The SMILES string of the molecule is Cc1cc(C(F)F)n2ncc(C(=O)Nc3c(C(N)=O)sc4nc(C(F)(F)F)cc(C)c34)c2n1. The van der Waals surface area contributed by atoms with Gasteiger partial charge in [0.1, 0.15) is 26.7 Å². The van der Waals surface area contributed by atoms with Crippen LogP contribution in [0.1, 0.15) is 49.1 Å². The van der Waals surface area contributed by atoms with Gasteiger partial charge in [-0.15, -0.1) is 11.3 Å². The largest absolute Gasteiger partial charge is 0.433 e. The number of aromatic nitrogens is 4. The lowest BCUT2D eigenvalue weighted by atomic mass is 10.1. The number of carbonyl (C=O) groups excluding carboxylic acids is 2. The molecule has 0 aromatic carbocycles. The molecule has 172 valence electrons. The van der Waals surface area contributed by atoms with Crippen molar-refractivity contribution < 1.29 is 31.5 Å². The highest BCUT2D eigenvalue weighted by molar-refractivity contribution is 7.21. The molecule has 0 saturated heterocycles. The Morgan fingerprint density at radius 2 is 1.88 bits per heavy atom. The summed E-state index contributed by atoms with van der Waals surface area (Å²) in [5, 5.41) is 6.34. The first kappa shape index (κ1) is 22.5. The Morgan fingerprint density at radius 1 is 1.18 bits per heavy atom. The molecule has 0 bridgehead atoms. The van der Waals surface area contributed by atoms with Gasteiger partial charge in [0.2, 0.25) is 0 Å². The number of primary amides is 1. The summed E-state index contributed by atoms with van der Waals surface area (Å²) in [6.07, 6.45) is -6.58. The zero-order valence-electron chi connectivity index (χ0n) is 16.8. The molecule has 8 nitrogen and oxygen atoms in total. The summed E-state index contributed by atoms with van der Waals surface area (Å²) in [6.45, 7) is 2.83. The van der Waals surface area contributed by atoms with Crippen molar-refractivity contribution in [1.82, 2.24) is 19.6 Å². The molecule has 0 aliphatic rings. The van der Waals surface area contributed by atoms with Gasteiger partial charge in [-0.2, -0.15) is 18.3 Å². The topological polar surface area (TPSA) is 115 Å². The number of carbonyl (C=O) groups is 2. The van der Waals surface area contributed by atoms with E-state index in [0.29, 0.717) is 11.3 Å². The van der Waals surface area contributed by atoms with Crippen LogP contribution < -0.4 is 11.1 Å². The minimum Gasteiger partial charge on any atom is -0.365 e. The van der Waals surface area contributed by atoms with Gasteiger partial charge in [0.05, 0.1) is 11.9 Å². The number of nitrogens with zero attached hydrogens (tertiary/aromatic N) is 4. The summed E-state index contributed by atoms with van der Waals surface area (Å²) in [6, 6.07) is 1.90. The van der Waals surface area contributed by atoms with Crippen molar-refractivity contribution in [3.8, 4) is 0 Å². The Balaban J connectivity index is 1.85. The zero-order chi connectivity index (χ0) is 24.2. The number of fused-ring (bicyclic) bond motifs is 2. The van der Waals surface area contributed by atoms with Gasteiger partial charge in [-0.05, 0) is 31.5 Å². The number of thiophene rings is 1. The van der Waals surface area contributed by atoms with Gasteiger partial charge in [0.25, 0.3) is 18.2 Å². The fourth-order valence-corrected chi connectivity index (χ4v) is 4.39. The third-order valence-electron chi connectivity index (χ3n) is 4.71. The Bertz CT molecular complexity index is 1440. The quantitative estimate of drug-likeness (QED) is 0.420. The molecule has 33 heavy (non-hydrogen) atoms. The van der Waals surface area contributed by atoms with Crippen LogP contribution in [-0.4, -0.2) is 31.4 Å². The van der Waals surface area contributed by atoms with E-state index in [9.17, 15) is 31.5 Å². The number of rotatable bonds is 4. The van der Waals surface area contributed by atoms with Gasteiger partial charge >= 0.3 is 6.18 Å². The Morgan fingerprint density at radius 3 is 2.48 bits per heavy atom. The molecule has 14 heteroatoms. The standard InChI is InChI=1S/C19H13F5N6O2S/c1-6-3-10(19(22,23)24)28-18-11(6)12(13(33-18)15(25)31)29-17(32)8-5-26-30-9(14(20)21)4-7(2)27-16(8)30/h3-5,14H,1-2H3,(H2,25,31)(H,29,32). The maximum Gasteiger partial charge on any atom is 0.433 e. The fraction of sp³-hybridized carbons (Fsp3) is 0.211. The minimum atomic E-state index is -4.72. The number of amides is 2. The highest BCUT2D eigenvalue weighted by atomic mass is 32.1. The number of pyridine rings is 1. The van der Waals surface area contributed by atoms with Crippen molar-refractivity contribution in [3.05, 3.63) is 51.4 Å². The van der Waals surface area contributed by atoms with Crippen LogP contribution in [0.3, 0.4) is 0 Å². The lowest BCUT2D eigenvalue weighted by Gasteiger charge is -2.10. The fourth-order valence-electron chi connectivity index (χ4n) is 3.33. The molecular weight excluding hydrogens is 471 g/mol. The molecule has 0 atom stereocenters. The summed E-state index contributed by atoms with van der Waals surface area (Å²) in [5.74, 6) is -1.86. The second-order valence-corrected chi connectivity index (χ2v) is 8.04. The van der Waals surface area contributed by atoms with Gasteiger partial charge in [0, 0.05) is 11.1 Å². The maximum atomic E-state index is 13.3. The molecule has 0 fully saturated rings. The van der Waals surface area contributed by atoms with Crippen molar-refractivity contribution in [2.24, 2.45) is 5.73 Å². The van der Waals surface area contributed by atoms with E-state index in [1.807, 2.05) is 0 Å². The summed E-state index contributed by atoms with van der Waals surface area (Å²) >= 11 is 0.592. The van der Waals surface area contributed by atoms with Crippen LogP contribution in [0.25, 0.3) is 15.9 Å². The number of nitrogens with one attached hydrogen (secondary N) is 1. The van der Waals surface area contributed by atoms with Crippen molar-refractivity contribution in [1.29, 1.82) is 0 Å². The summed E-state index contributed by atoms with van der Waals surface area (Å²) < 4.78 is 66.9. The molecule has 0 saturated carbocycles. The summed E-state index contributed by atoms with van der Waals surface area (Å²) in [7, 11) is 0. The number of halogens is 5. The Labute approximate surface area is 185 Å². The number of aryl methyl sites for hydroxylation is 2. The second kappa shape index (κ2) is 7.72. The van der Waals surface area contributed by atoms with E-state index in [2.05, 4.69) is 20.4 Å². The zero-order valence-corrected chi connectivity index (χ0v) is 17.6. The van der Waals surface area contributed by atoms with Gasteiger partial charge in [-0.25, -0.2) is 23.3 Å². The van der Waals surface area contributed by atoms with Crippen molar-refractivity contribution in [3.63, 3.8) is 0 Å². The van der Waals surface area contributed by atoms with Gasteiger partial charge in [-0.3, -0.25) is 9.59 Å². The third kappa shape index (κ3) is 3.86. The Kier molecular flexibility index (Phi) is 5.27. The monoisotopic (exact) mass is 484 g/mol. The number of anilines is 1. The van der Waals surface area contributed by atoms with Gasteiger partial charge in [0.15, 0.2) is 5.65 Å². The maximum absolute atomic E-state index is 13.3. The van der Waals surface area contributed by atoms with Crippen LogP contribution in [-0.2, 0) is 6.18 Å². The number of nitrogens with two attached hydrogens (primary N) is 1. The molecule has 0 radical (unpaired) electrons. The third-order valence-corrected chi connectivity index (χ3v) is 5.81. The van der Waals surface area contributed by atoms with Crippen LogP contribution in [0, 0.1) is 13.8 Å². The first-order chi connectivity index (χ1) is 15.4. The lowest BCUT2D eigenvalue weighted by molar-refractivity contribution is -0.141. The van der Waals surface area contributed by atoms with E-state index in [0.717, 1.165) is 22.8 Å².